The van der Waals surface area contributed by atoms with Crippen LogP contribution in [-0.4, -0.2) is 29.0 Å². The highest BCUT2D eigenvalue weighted by molar-refractivity contribution is 5.89. The number of nitrogens with zero attached hydrogens (tertiary/aromatic N) is 3. The highest BCUT2D eigenvalue weighted by Gasteiger charge is 2.04. The van der Waals surface area contributed by atoms with Gasteiger partial charge in [-0.1, -0.05) is 6.07 Å². The first-order chi connectivity index (χ1) is 14.1. The molecule has 7 heteroatoms. The van der Waals surface area contributed by atoms with Crippen molar-refractivity contribution < 1.29 is 4.79 Å². The van der Waals surface area contributed by atoms with Crippen LogP contribution in [0.2, 0.25) is 0 Å². The maximum atomic E-state index is 11.2. The second-order valence-electron chi connectivity index (χ2n) is 6.52. The Balaban J connectivity index is 1.69. The predicted molar refractivity (Wildman–Crippen MR) is 119 cm³/mol. The van der Waals surface area contributed by atoms with E-state index in [1.807, 2.05) is 42.5 Å². The van der Waals surface area contributed by atoms with Crippen LogP contribution in [0.4, 0.5) is 34.4 Å². The second-order valence-corrected chi connectivity index (χ2v) is 6.52. The van der Waals surface area contributed by atoms with Gasteiger partial charge in [0.1, 0.15) is 18.0 Å². The first-order valence-corrected chi connectivity index (χ1v) is 9.66. The molecule has 0 atom stereocenters. The molecule has 0 radical (unpaired) electrons. The van der Waals surface area contributed by atoms with E-state index in [1.54, 1.807) is 0 Å². The normalized spacial score (nSPS) is 10.3. The molecular formula is C22H26N6O. The van der Waals surface area contributed by atoms with Crippen LogP contribution < -0.4 is 20.9 Å². The lowest BCUT2D eigenvalue weighted by molar-refractivity contribution is -0.114. The minimum atomic E-state index is -0.109. The van der Waals surface area contributed by atoms with Gasteiger partial charge in [-0.05, 0) is 56.3 Å². The van der Waals surface area contributed by atoms with Crippen molar-refractivity contribution >= 4 is 40.3 Å². The van der Waals surface area contributed by atoms with Crippen molar-refractivity contribution in [2.45, 2.75) is 20.8 Å². The Kier molecular flexibility index (Phi) is 6.63. The number of rotatable bonds is 8. The third-order valence-electron chi connectivity index (χ3n) is 4.39. The minimum Gasteiger partial charge on any atom is -0.372 e. The molecule has 1 aromatic heterocycles. The van der Waals surface area contributed by atoms with Gasteiger partial charge in [0.2, 0.25) is 5.91 Å². The molecule has 0 bridgehead atoms. The zero-order valence-corrected chi connectivity index (χ0v) is 16.9. The molecule has 1 amide bonds. The fraction of sp³-hybridized carbons (Fsp3) is 0.227. The standard InChI is InChI=1S/C22H26N6O/c1-4-28(5-2)20-11-9-17(10-12-20)26-21-14-22(24-15-23-21)27-19-8-6-7-18(13-19)25-16(3)29/h6-15H,4-5H2,1-3H3,(H,25,29)(H2,23,24,26,27). The zero-order valence-electron chi connectivity index (χ0n) is 16.9. The lowest BCUT2D eigenvalue weighted by atomic mass is 10.2. The average molecular weight is 390 g/mol. The summed E-state index contributed by atoms with van der Waals surface area (Å²) in [6.45, 7) is 7.74. The summed E-state index contributed by atoms with van der Waals surface area (Å²) in [5, 5.41) is 9.31. The van der Waals surface area contributed by atoms with Crippen LogP contribution in [0.15, 0.2) is 60.9 Å². The van der Waals surface area contributed by atoms with Crippen LogP contribution in [0.3, 0.4) is 0 Å². The van der Waals surface area contributed by atoms with Crippen LogP contribution in [0.5, 0.6) is 0 Å². The fourth-order valence-electron chi connectivity index (χ4n) is 3.01. The Morgan fingerprint density at radius 1 is 0.862 bits per heavy atom. The van der Waals surface area contributed by atoms with Crippen molar-refractivity contribution in [3.05, 3.63) is 60.9 Å². The Morgan fingerprint density at radius 3 is 2.10 bits per heavy atom. The molecule has 0 aliphatic heterocycles. The number of hydrogen-bond acceptors (Lipinski definition) is 6. The van der Waals surface area contributed by atoms with Crippen LogP contribution in [-0.2, 0) is 4.79 Å². The second kappa shape index (κ2) is 9.54. The predicted octanol–water partition coefficient (Wildman–Crippen LogP) is 4.77. The van der Waals surface area contributed by atoms with Crippen molar-refractivity contribution in [3.63, 3.8) is 0 Å². The molecule has 0 saturated carbocycles. The first-order valence-electron chi connectivity index (χ1n) is 9.66. The summed E-state index contributed by atoms with van der Waals surface area (Å²) in [5.74, 6) is 1.24. The topological polar surface area (TPSA) is 82.2 Å². The van der Waals surface area contributed by atoms with Gasteiger partial charge >= 0.3 is 0 Å². The summed E-state index contributed by atoms with van der Waals surface area (Å²) >= 11 is 0. The molecule has 1 heterocycles. The third kappa shape index (κ3) is 5.68. The fourth-order valence-corrected chi connectivity index (χ4v) is 3.01. The molecule has 0 aliphatic carbocycles. The lowest BCUT2D eigenvalue weighted by Gasteiger charge is -2.21. The number of amides is 1. The lowest BCUT2D eigenvalue weighted by Crippen LogP contribution is -2.21. The van der Waals surface area contributed by atoms with Crippen molar-refractivity contribution in [1.29, 1.82) is 0 Å². The smallest absolute Gasteiger partial charge is 0.221 e. The molecule has 3 rings (SSSR count). The quantitative estimate of drug-likeness (QED) is 0.514. The van der Waals surface area contributed by atoms with Crippen molar-refractivity contribution in [3.8, 4) is 0 Å². The van der Waals surface area contributed by atoms with Gasteiger partial charge in [0.15, 0.2) is 0 Å². The molecule has 3 N–H and O–H groups in total. The Morgan fingerprint density at radius 2 is 1.48 bits per heavy atom. The molecule has 150 valence electrons. The van der Waals surface area contributed by atoms with E-state index in [2.05, 4.69) is 56.8 Å². The van der Waals surface area contributed by atoms with Crippen molar-refractivity contribution in [2.75, 3.05) is 33.9 Å². The molecule has 2 aromatic carbocycles. The molecule has 0 unspecified atom stereocenters. The van der Waals surface area contributed by atoms with E-state index in [9.17, 15) is 4.79 Å². The van der Waals surface area contributed by atoms with Crippen LogP contribution in [0.1, 0.15) is 20.8 Å². The summed E-state index contributed by atoms with van der Waals surface area (Å²) in [5.41, 5.74) is 3.70. The van der Waals surface area contributed by atoms with Crippen LogP contribution in [0, 0.1) is 0 Å². The number of aromatic nitrogens is 2. The highest BCUT2D eigenvalue weighted by atomic mass is 16.1. The average Bonchev–Trinajstić information content (AvgIpc) is 2.70. The van der Waals surface area contributed by atoms with Gasteiger partial charge in [-0.2, -0.15) is 0 Å². The van der Waals surface area contributed by atoms with E-state index in [0.29, 0.717) is 11.6 Å². The molecule has 0 spiro atoms. The number of nitrogens with one attached hydrogen (secondary N) is 3. The minimum absolute atomic E-state index is 0.109. The monoisotopic (exact) mass is 390 g/mol. The number of benzene rings is 2. The molecule has 29 heavy (non-hydrogen) atoms. The number of anilines is 6. The number of carbonyl (C=O) groups is 1. The maximum absolute atomic E-state index is 11.2. The maximum Gasteiger partial charge on any atom is 0.221 e. The molecule has 0 saturated heterocycles. The van der Waals surface area contributed by atoms with Gasteiger partial charge < -0.3 is 20.9 Å². The first kappa shape index (κ1) is 20.1. The van der Waals surface area contributed by atoms with Gasteiger partial charge in [0.05, 0.1) is 0 Å². The molecule has 3 aromatic rings. The SMILES string of the molecule is CCN(CC)c1ccc(Nc2cc(Nc3cccc(NC(C)=O)c3)ncn2)cc1. The summed E-state index contributed by atoms with van der Waals surface area (Å²) in [6.07, 6.45) is 1.51. The largest absolute Gasteiger partial charge is 0.372 e. The van der Waals surface area contributed by atoms with Crippen molar-refractivity contribution in [2.24, 2.45) is 0 Å². The summed E-state index contributed by atoms with van der Waals surface area (Å²) < 4.78 is 0. The van der Waals surface area contributed by atoms with E-state index in [4.69, 9.17) is 0 Å². The van der Waals surface area contributed by atoms with Gasteiger partial charge in [-0.15, -0.1) is 0 Å². The molecular weight excluding hydrogens is 364 g/mol. The van der Waals surface area contributed by atoms with E-state index in [0.717, 1.165) is 30.2 Å². The Hall–Kier alpha value is -3.61. The van der Waals surface area contributed by atoms with E-state index < -0.39 is 0 Å². The van der Waals surface area contributed by atoms with Gasteiger partial charge in [0, 0.05) is 48.8 Å². The molecule has 0 fully saturated rings. The van der Waals surface area contributed by atoms with Gasteiger partial charge in [-0.25, -0.2) is 9.97 Å². The molecule has 7 nitrogen and oxygen atoms in total. The Bertz CT molecular complexity index is 954. The van der Waals surface area contributed by atoms with E-state index in [1.165, 1.54) is 18.9 Å². The van der Waals surface area contributed by atoms with E-state index >= 15 is 0 Å². The van der Waals surface area contributed by atoms with E-state index in [-0.39, 0.29) is 5.91 Å². The third-order valence-corrected chi connectivity index (χ3v) is 4.39. The van der Waals surface area contributed by atoms with Gasteiger partial charge in [0.25, 0.3) is 0 Å². The van der Waals surface area contributed by atoms with Gasteiger partial charge in [-0.3, -0.25) is 4.79 Å². The number of hydrogen-bond donors (Lipinski definition) is 3. The number of carbonyl (C=O) groups excluding carboxylic acids is 1. The summed E-state index contributed by atoms with van der Waals surface area (Å²) in [6, 6.07) is 17.6. The summed E-state index contributed by atoms with van der Waals surface area (Å²) in [7, 11) is 0. The zero-order chi connectivity index (χ0) is 20.6. The highest BCUT2D eigenvalue weighted by Crippen LogP contribution is 2.23. The van der Waals surface area contributed by atoms with Crippen molar-refractivity contribution in [1.82, 2.24) is 9.97 Å². The van der Waals surface area contributed by atoms with Crippen LogP contribution >= 0.6 is 0 Å². The molecule has 0 aliphatic rings. The van der Waals surface area contributed by atoms with Crippen LogP contribution in [0.25, 0.3) is 0 Å². The Labute approximate surface area is 171 Å². The summed E-state index contributed by atoms with van der Waals surface area (Å²) in [4.78, 5) is 22.1.